The number of rotatable bonds is 4. The molecule has 3 nitrogen and oxygen atoms in total. The van der Waals surface area contributed by atoms with Gasteiger partial charge in [0.2, 0.25) is 0 Å². The highest BCUT2D eigenvalue weighted by Crippen LogP contribution is 2.31. The number of nitrogens with two attached hydrogens (primary N) is 2. The van der Waals surface area contributed by atoms with Gasteiger partial charge in [0.15, 0.2) is 0 Å². The number of hydrogen-bond donors (Lipinski definition) is 2. The molecule has 4 N–H and O–H groups in total. The van der Waals surface area contributed by atoms with Crippen LogP contribution in [0.3, 0.4) is 0 Å². The molecule has 1 aliphatic rings. The Morgan fingerprint density at radius 3 is 2.59 bits per heavy atom. The average Bonchev–Trinajstić information content (AvgIpc) is 2.72. The summed E-state index contributed by atoms with van der Waals surface area (Å²) in [6.07, 6.45) is 0. The van der Waals surface area contributed by atoms with Crippen LogP contribution in [0.4, 0.5) is 0 Å². The van der Waals surface area contributed by atoms with E-state index in [1.54, 1.807) is 0 Å². The van der Waals surface area contributed by atoms with E-state index in [0.29, 0.717) is 11.8 Å². The normalized spacial score (nSPS) is 27.2. The lowest BCUT2D eigenvalue weighted by Crippen LogP contribution is -2.34. The molecule has 1 aromatic carbocycles. The summed E-state index contributed by atoms with van der Waals surface area (Å²) in [6.45, 7) is 5.97. The fourth-order valence-corrected chi connectivity index (χ4v) is 2.83. The summed E-state index contributed by atoms with van der Waals surface area (Å²) in [5, 5.41) is 0. The van der Waals surface area contributed by atoms with Gasteiger partial charge < -0.3 is 16.4 Å². The van der Waals surface area contributed by atoms with Crippen LogP contribution in [-0.4, -0.2) is 37.1 Å². The molecule has 1 heterocycles. The molecule has 0 aliphatic carbocycles. The molecule has 2 rings (SSSR count). The van der Waals surface area contributed by atoms with Crippen molar-refractivity contribution < 1.29 is 0 Å². The van der Waals surface area contributed by atoms with Crippen LogP contribution in [0.5, 0.6) is 0 Å². The molecule has 0 saturated carbocycles. The third-order valence-corrected chi connectivity index (χ3v) is 3.59. The number of nitrogens with zero attached hydrogens (tertiary/aromatic N) is 1. The second-order valence-electron chi connectivity index (χ2n) is 5.21. The summed E-state index contributed by atoms with van der Waals surface area (Å²) in [6, 6.07) is 10.9. The molecule has 0 bridgehead atoms. The van der Waals surface area contributed by atoms with E-state index >= 15 is 0 Å². The zero-order valence-corrected chi connectivity index (χ0v) is 10.5. The highest BCUT2D eigenvalue weighted by Gasteiger charge is 2.32. The molecule has 1 aromatic rings. The first kappa shape index (κ1) is 12.6. The van der Waals surface area contributed by atoms with E-state index in [4.69, 9.17) is 11.5 Å². The monoisotopic (exact) mass is 233 g/mol. The molecule has 94 valence electrons. The van der Waals surface area contributed by atoms with Crippen LogP contribution in [0, 0.1) is 5.92 Å². The van der Waals surface area contributed by atoms with Gasteiger partial charge in [-0.1, -0.05) is 30.3 Å². The van der Waals surface area contributed by atoms with Crippen LogP contribution in [0.2, 0.25) is 0 Å². The Labute approximate surface area is 104 Å². The molecule has 0 spiro atoms. The number of likely N-dealkylation sites (tertiary alicyclic amines) is 1. The van der Waals surface area contributed by atoms with Gasteiger partial charge in [-0.05, 0) is 24.9 Å². The van der Waals surface area contributed by atoms with Gasteiger partial charge in [-0.2, -0.15) is 0 Å². The van der Waals surface area contributed by atoms with E-state index < -0.39 is 0 Å². The molecule has 1 aliphatic heterocycles. The Bertz CT molecular complexity index is 337. The van der Waals surface area contributed by atoms with Gasteiger partial charge in [0.05, 0.1) is 0 Å². The van der Waals surface area contributed by atoms with Crippen LogP contribution in [0.1, 0.15) is 18.4 Å². The van der Waals surface area contributed by atoms with Gasteiger partial charge in [0.1, 0.15) is 0 Å². The van der Waals surface area contributed by atoms with Gasteiger partial charge in [0.25, 0.3) is 0 Å². The molecule has 17 heavy (non-hydrogen) atoms. The van der Waals surface area contributed by atoms with E-state index in [2.05, 4.69) is 42.2 Å². The van der Waals surface area contributed by atoms with Gasteiger partial charge >= 0.3 is 0 Å². The summed E-state index contributed by atoms with van der Waals surface area (Å²) >= 11 is 0. The zero-order valence-electron chi connectivity index (χ0n) is 10.5. The van der Waals surface area contributed by atoms with Crippen molar-refractivity contribution in [2.24, 2.45) is 17.4 Å². The topological polar surface area (TPSA) is 55.3 Å². The Morgan fingerprint density at radius 1 is 1.29 bits per heavy atom. The minimum absolute atomic E-state index is 0.239. The first-order valence-electron chi connectivity index (χ1n) is 6.43. The third-order valence-electron chi connectivity index (χ3n) is 3.59. The van der Waals surface area contributed by atoms with Crippen LogP contribution in [0.25, 0.3) is 0 Å². The van der Waals surface area contributed by atoms with Gasteiger partial charge in [0, 0.05) is 31.6 Å². The lowest BCUT2D eigenvalue weighted by Gasteiger charge is -2.18. The summed E-state index contributed by atoms with van der Waals surface area (Å²) in [5.74, 6) is 1.14. The molecule has 0 aromatic heterocycles. The number of hydrogen-bond acceptors (Lipinski definition) is 3. The van der Waals surface area contributed by atoms with Crippen molar-refractivity contribution in [1.82, 2.24) is 4.90 Å². The molecule has 0 amide bonds. The maximum atomic E-state index is 5.90. The second-order valence-corrected chi connectivity index (χ2v) is 5.21. The van der Waals surface area contributed by atoms with Crippen molar-refractivity contribution in [2.75, 3.05) is 26.2 Å². The van der Waals surface area contributed by atoms with Crippen LogP contribution in [-0.2, 0) is 0 Å². The lowest BCUT2D eigenvalue weighted by atomic mass is 9.89. The Balaban J connectivity index is 2.07. The number of benzene rings is 1. The lowest BCUT2D eigenvalue weighted by molar-refractivity contribution is 0.308. The molecule has 3 atom stereocenters. The van der Waals surface area contributed by atoms with E-state index in [0.717, 1.165) is 26.2 Å². The summed E-state index contributed by atoms with van der Waals surface area (Å²) in [4.78, 5) is 2.44. The van der Waals surface area contributed by atoms with Crippen molar-refractivity contribution in [3.8, 4) is 0 Å². The van der Waals surface area contributed by atoms with Gasteiger partial charge in [-0.3, -0.25) is 0 Å². The highest BCUT2D eigenvalue weighted by molar-refractivity contribution is 5.22. The predicted octanol–water partition coefficient (Wildman–Crippen LogP) is 1.01. The highest BCUT2D eigenvalue weighted by atomic mass is 15.2. The first-order chi connectivity index (χ1) is 8.20. The maximum Gasteiger partial charge on any atom is 0.0139 e. The first-order valence-corrected chi connectivity index (χ1v) is 6.43. The molecule has 1 unspecified atom stereocenters. The Hall–Kier alpha value is -0.900. The van der Waals surface area contributed by atoms with E-state index in [9.17, 15) is 0 Å². The summed E-state index contributed by atoms with van der Waals surface area (Å²) in [5.41, 5.74) is 13.2. The molecule has 1 saturated heterocycles. The molecular weight excluding hydrogens is 210 g/mol. The van der Waals surface area contributed by atoms with Crippen molar-refractivity contribution >= 4 is 0 Å². The Morgan fingerprint density at radius 2 is 2.00 bits per heavy atom. The fourth-order valence-electron chi connectivity index (χ4n) is 2.83. The second kappa shape index (κ2) is 5.63. The maximum absolute atomic E-state index is 5.90. The average molecular weight is 233 g/mol. The van der Waals surface area contributed by atoms with Crippen molar-refractivity contribution in [2.45, 2.75) is 18.9 Å². The fraction of sp³-hybridized carbons (Fsp3) is 0.571. The van der Waals surface area contributed by atoms with Crippen LogP contribution in [0.15, 0.2) is 30.3 Å². The van der Waals surface area contributed by atoms with Crippen molar-refractivity contribution in [1.29, 1.82) is 0 Å². The largest absolute Gasteiger partial charge is 0.330 e. The quantitative estimate of drug-likeness (QED) is 0.816. The van der Waals surface area contributed by atoms with Gasteiger partial charge in [-0.15, -0.1) is 0 Å². The Kier molecular flexibility index (Phi) is 4.15. The standard InChI is InChI=1S/C14H23N3/c1-11(16)8-17-9-13(7-15)14(10-17)12-5-3-2-4-6-12/h2-6,11,13-14H,7-10,15-16H2,1H3/t11?,13-,14+/m1/s1. The minimum Gasteiger partial charge on any atom is -0.330 e. The predicted molar refractivity (Wildman–Crippen MR) is 71.8 cm³/mol. The van der Waals surface area contributed by atoms with Crippen molar-refractivity contribution in [3.63, 3.8) is 0 Å². The van der Waals surface area contributed by atoms with Crippen LogP contribution < -0.4 is 11.5 Å². The van der Waals surface area contributed by atoms with Gasteiger partial charge in [-0.25, -0.2) is 0 Å². The molecule has 0 radical (unpaired) electrons. The van der Waals surface area contributed by atoms with Crippen LogP contribution >= 0.6 is 0 Å². The molecule has 3 heteroatoms. The van der Waals surface area contributed by atoms with E-state index in [1.165, 1.54) is 5.56 Å². The SMILES string of the molecule is CC(N)CN1C[C@@H](CN)[C@H](c2ccccc2)C1. The third kappa shape index (κ3) is 3.06. The molecular formula is C14H23N3. The molecule has 1 fully saturated rings. The summed E-state index contributed by atoms with van der Waals surface area (Å²) in [7, 11) is 0. The van der Waals surface area contributed by atoms with E-state index in [-0.39, 0.29) is 6.04 Å². The van der Waals surface area contributed by atoms with E-state index in [1.807, 2.05) is 0 Å². The van der Waals surface area contributed by atoms with Crippen molar-refractivity contribution in [3.05, 3.63) is 35.9 Å². The zero-order chi connectivity index (χ0) is 12.3. The minimum atomic E-state index is 0.239. The summed E-state index contributed by atoms with van der Waals surface area (Å²) < 4.78 is 0. The smallest absolute Gasteiger partial charge is 0.0139 e.